The summed E-state index contributed by atoms with van der Waals surface area (Å²) in [5.74, 6) is 0.417. The molecule has 0 saturated heterocycles. The van der Waals surface area contributed by atoms with Crippen molar-refractivity contribution in [2.24, 2.45) is 11.3 Å². The first-order valence-corrected chi connectivity index (χ1v) is 5.70. The van der Waals surface area contributed by atoms with Crippen molar-refractivity contribution in [1.82, 2.24) is 5.32 Å². The molecular formula is C12H21NO3. The summed E-state index contributed by atoms with van der Waals surface area (Å²) in [6, 6.07) is 0. The zero-order valence-corrected chi connectivity index (χ0v) is 10.5. The van der Waals surface area contributed by atoms with E-state index in [0.717, 1.165) is 19.1 Å². The van der Waals surface area contributed by atoms with Crippen LogP contribution >= 0.6 is 0 Å². The van der Waals surface area contributed by atoms with Gasteiger partial charge in [-0.1, -0.05) is 6.92 Å². The molecule has 1 fully saturated rings. The minimum absolute atomic E-state index is 0.357. The Bertz CT molecular complexity index is 278. The Morgan fingerprint density at radius 3 is 2.31 bits per heavy atom. The molecule has 0 aromatic heterocycles. The number of hydrogen-bond acceptors (Lipinski definition) is 3. The van der Waals surface area contributed by atoms with E-state index in [1.807, 2.05) is 27.7 Å². The van der Waals surface area contributed by atoms with Gasteiger partial charge in [-0.3, -0.25) is 0 Å². The Labute approximate surface area is 96.7 Å². The SMILES string of the molecule is CC(C)(C)OC(=O)NCC(C)(C=O)C1CC1. The third-order valence-corrected chi connectivity index (χ3v) is 2.79. The molecule has 4 heteroatoms. The monoisotopic (exact) mass is 227 g/mol. The van der Waals surface area contributed by atoms with Crippen molar-refractivity contribution >= 4 is 12.4 Å². The predicted octanol–water partition coefficient (Wildman–Crippen LogP) is 2.13. The van der Waals surface area contributed by atoms with E-state index >= 15 is 0 Å². The van der Waals surface area contributed by atoms with Gasteiger partial charge in [-0.2, -0.15) is 0 Å². The predicted molar refractivity (Wildman–Crippen MR) is 61.1 cm³/mol. The Kier molecular flexibility index (Phi) is 3.61. The Morgan fingerprint density at radius 1 is 1.38 bits per heavy atom. The topological polar surface area (TPSA) is 55.4 Å². The molecule has 0 heterocycles. The normalized spacial score (nSPS) is 19.8. The van der Waals surface area contributed by atoms with E-state index in [4.69, 9.17) is 4.74 Å². The lowest BCUT2D eigenvalue weighted by atomic mass is 9.87. The van der Waals surface area contributed by atoms with E-state index in [9.17, 15) is 9.59 Å². The highest BCUT2D eigenvalue weighted by Gasteiger charge is 2.41. The highest BCUT2D eigenvalue weighted by molar-refractivity contribution is 5.69. The molecule has 0 bridgehead atoms. The zero-order valence-electron chi connectivity index (χ0n) is 10.5. The van der Waals surface area contributed by atoms with Gasteiger partial charge in [0, 0.05) is 12.0 Å². The van der Waals surface area contributed by atoms with Crippen molar-refractivity contribution in [1.29, 1.82) is 0 Å². The van der Waals surface area contributed by atoms with Crippen molar-refractivity contribution in [3.05, 3.63) is 0 Å². The molecule has 1 rings (SSSR count). The summed E-state index contributed by atoms with van der Waals surface area (Å²) in [4.78, 5) is 22.4. The molecule has 4 nitrogen and oxygen atoms in total. The number of carbonyl (C=O) groups excluding carboxylic acids is 2. The number of ether oxygens (including phenoxy) is 1. The van der Waals surface area contributed by atoms with Crippen LogP contribution in [0.25, 0.3) is 0 Å². The second-order valence-corrected chi connectivity index (χ2v) is 5.75. The van der Waals surface area contributed by atoms with Gasteiger partial charge in [0.2, 0.25) is 0 Å². The van der Waals surface area contributed by atoms with E-state index in [2.05, 4.69) is 5.32 Å². The van der Waals surface area contributed by atoms with Crippen molar-refractivity contribution in [3.8, 4) is 0 Å². The summed E-state index contributed by atoms with van der Waals surface area (Å²) in [6.07, 6.45) is 2.64. The van der Waals surface area contributed by atoms with Gasteiger partial charge in [-0.05, 0) is 39.5 Å². The van der Waals surface area contributed by atoms with E-state index in [-0.39, 0.29) is 0 Å². The highest BCUT2D eigenvalue weighted by Crippen LogP contribution is 2.43. The lowest BCUT2D eigenvalue weighted by Gasteiger charge is -2.25. The van der Waals surface area contributed by atoms with Gasteiger partial charge in [0.15, 0.2) is 0 Å². The molecule has 0 radical (unpaired) electrons. The number of nitrogens with one attached hydrogen (secondary N) is 1. The molecule has 0 spiro atoms. The lowest BCUT2D eigenvalue weighted by Crippen LogP contribution is -2.40. The van der Waals surface area contributed by atoms with Gasteiger partial charge in [0.1, 0.15) is 11.9 Å². The molecule has 0 aromatic rings. The number of carbonyl (C=O) groups is 2. The fourth-order valence-electron chi connectivity index (χ4n) is 1.60. The van der Waals surface area contributed by atoms with Crippen LogP contribution in [0, 0.1) is 11.3 Å². The maximum Gasteiger partial charge on any atom is 0.407 e. The van der Waals surface area contributed by atoms with Crippen molar-refractivity contribution in [2.45, 2.75) is 46.1 Å². The molecule has 1 aliphatic rings. The third kappa shape index (κ3) is 3.83. The summed E-state index contributed by atoms with van der Waals surface area (Å²) in [7, 11) is 0. The third-order valence-electron chi connectivity index (χ3n) is 2.79. The molecule has 1 N–H and O–H groups in total. The van der Waals surface area contributed by atoms with E-state index in [0.29, 0.717) is 12.5 Å². The summed E-state index contributed by atoms with van der Waals surface area (Å²) in [6.45, 7) is 7.68. The first-order valence-electron chi connectivity index (χ1n) is 5.70. The van der Waals surface area contributed by atoms with Crippen LogP contribution in [-0.4, -0.2) is 24.5 Å². The van der Waals surface area contributed by atoms with Crippen molar-refractivity contribution in [2.75, 3.05) is 6.54 Å². The average Bonchev–Trinajstić information content (AvgIpc) is 2.94. The number of amides is 1. The molecule has 1 aliphatic carbocycles. The van der Waals surface area contributed by atoms with Crippen LogP contribution in [-0.2, 0) is 9.53 Å². The van der Waals surface area contributed by atoms with Crippen LogP contribution in [0.3, 0.4) is 0 Å². The smallest absolute Gasteiger partial charge is 0.407 e. The second kappa shape index (κ2) is 4.44. The number of alkyl carbamates (subject to hydrolysis) is 1. The Hall–Kier alpha value is -1.06. The Balaban J connectivity index is 2.38. The lowest BCUT2D eigenvalue weighted by molar-refractivity contribution is -0.116. The molecule has 1 saturated carbocycles. The number of aldehydes is 1. The largest absolute Gasteiger partial charge is 0.444 e. The number of rotatable bonds is 4. The standard InChI is InChI=1S/C12H21NO3/c1-11(2,3)16-10(15)13-7-12(4,8-14)9-5-6-9/h8-9H,5-7H2,1-4H3,(H,13,15). The maximum atomic E-state index is 11.4. The molecule has 1 atom stereocenters. The van der Waals surface area contributed by atoms with Crippen molar-refractivity contribution < 1.29 is 14.3 Å². The first kappa shape index (κ1) is 13.0. The van der Waals surface area contributed by atoms with Crippen LogP contribution < -0.4 is 5.32 Å². The van der Waals surface area contributed by atoms with Gasteiger partial charge in [-0.25, -0.2) is 4.79 Å². The van der Waals surface area contributed by atoms with Crippen LogP contribution in [0.1, 0.15) is 40.5 Å². The van der Waals surface area contributed by atoms with Crippen LogP contribution in [0.4, 0.5) is 4.79 Å². The van der Waals surface area contributed by atoms with E-state index in [1.165, 1.54) is 0 Å². The van der Waals surface area contributed by atoms with Gasteiger partial charge in [-0.15, -0.1) is 0 Å². The fraction of sp³-hybridized carbons (Fsp3) is 0.833. The maximum absolute atomic E-state index is 11.4. The molecule has 16 heavy (non-hydrogen) atoms. The highest BCUT2D eigenvalue weighted by atomic mass is 16.6. The summed E-state index contributed by atoms with van der Waals surface area (Å²) in [5, 5.41) is 2.66. The van der Waals surface area contributed by atoms with Gasteiger partial charge >= 0.3 is 6.09 Å². The zero-order chi connectivity index (χ0) is 12.4. The van der Waals surface area contributed by atoms with Gasteiger partial charge < -0.3 is 14.8 Å². The fourth-order valence-corrected chi connectivity index (χ4v) is 1.60. The summed E-state index contributed by atoms with van der Waals surface area (Å²) < 4.78 is 5.11. The molecular weight excluding hydrogens is 206 g/mol. The van der Waals surface area contributed by atoms with E-state index in [1.54, 1.807) is 0 Å². The van der Waals surface area contributed by atoms with Gasteiger partial charge in [0.05, 0.1) is 0 Å². The average molecular weight is 227 g/mol. The molecule has 1 amide bonds. The molecule has 1 unspecified atom stereocenters. The van der Waals surface area contributed by atoms with Crippen LogP contribution in [0.5, 0.6) is 0 Å². The van der Waals surface area contributed by atoms with E-state index < -0.39 is 17.1 Å². The Morgan fingerprint density at radius 2 is 1.94 bits per heavy atom. The van der Waals surface area contributed by atoms with Crippen LogP contribution in [0.15, 0.2) is 0 Å². The molecule has 0 aliphatic heterocycles. The quantitative estimate of drug-likeness (QED) is 0.748. The summed E-state index contributed by atoms with van der Waals surface area (Å²) >= 11 is 0. The summed E-state index contributed by atoms with van der Waals surface area (Å²) in [5.41, 5.74) is -0.932. The second-order valence-electron chi connectivity index (χ2n) is 5.75. The number of hydrogen-bond donors (Lipinski definition) is 1. The minimum Gasteiger partial charge on any atom is -0.444 e. The minimum atomic E-state index is -0.499. The van der Waals surface area contributed by atoms with Crippen LogP contribution in [0.2, 0.25) is 0 Å². The van der Waals surface area contributed by atoms with Gasteiger partial charge in [0.25, 0.3) is 0 Å². The first-order chi connectivity index (χ1) is 7.27. The molecule has 92 valence electrons. The molecule has 0 aromatic carbocycles. The van der Waals surface area contributed by atoms with Crippen molar-refractivity contribution in [3.63, 3.8) is 0 Å².